The first-order valence-corrected chi connectivity index (χ1v) is 11.3. The summed E-state index contributed by atoms with van der Waals surface area (Å²) in [7, 11) is -8.55. The monoisotopic (exact) mass is 462 g/mol. The van der Waals surface area contributed by atoms with Crippen LogP contribution in [0.2, 0.25) is 10.0 Å². The molecular formula is C14H11Cl2F3N2O4S2. The summed E-state index contributed by atoms with van der Waals surface area (Å²) in [6, 6.07) is 4.22. The molecule has 0 spiro atoms. The molecule has 148 valence electrons. The molecule has 1 heterocycles. The van der Waals surface area contributed by atoms with Gasteiger partial charge in [0.1, 0.15) is 0 Å². The predicted octanol–water partition coefficient (Wildman–Crippen LogP) is 3.80. The maximum Gasteiger partial charge on any atom is 0.417 e. The van der Waals surface area contributed by atoms with E-state index in [0.29, 0.717) is 24.8 Å². The van der Waals surface area contributed by atoms with Gasteiger partial charge in [-0.3, -0.25) is 4.98 Å². The highest BCUT2D eigenvalue weighted by Gasteiger charge is 2.32. The Morgan fingerprint density at radius 1 is 0.963 bits per heavy atom. The van der Waals surface area contributed by atoms with E-state index >= 15 is 0 Å². The molecule has 0 saturated heterocycles. The number of pyridine rings is 1. The van der Waals surface area contributed by atoms with Gasteiger partial charge in [-0.25, -0.2) is 16.8 Å². The average molecular weight is 463 g/mol. The van der Waals surface area contributed by atoms with Crippen molar-refractivity contribution in [2.24, 2.45) is 0 Å². The van der Waals surface area contributed by atoms with Crippen molar-refractivity contribution in [1.29, 1.82) is 0 Å². The Morgan fingerprint density at radius 3 is 1.96 bits per heavy atom. The van der Waals surface area contributed by atoms with Gasteiger partial charge in [-0.1, -0.05) is 29.3 Å². The maximum atomic E-state index is 12.7. The van der Waals surface area contributed by atoms with Crippen molar-refractivity contribution in [2.75, 3.05) is 16.2 Å². The zero-order valence-corrected chi connectivity index (χ0v) is 16.8. The minimum atomic E-state index is -4.65. The van der Waals surface area contributed by atoms with Crippen LogP contribution in [0.25, 0.3) is 11.3 Å². The van der Waals surface area contributed by atoms with Gasteiger partial charge in [0.25, 0.3) is 0 Å². The van der Waals surface area contributed by atoms with Crippen LogP contribution in [0.1, 0.15) is 5.56 Å². The quantitative estimate of drug-likeness (QED) is 0.689. The summed E-state index contributed by atoms with van der Waals surface area (Å²) in [5, 5.41) is -0.569. The Balaban J connectivity index is 2.69. The van der Waals surface area contributed by atoms with E-state index in [2.05, 4.69) is 4.98 Å². The number of anilines is 1. The lowest BCUT2D eigenvalue weighted by Gasteiger charge is -2.21. The summed E-state index contributed by atoms with van der Waals surface area (Å²) in [5.74, 6) is 0. The van der Waals surface area contributed by atoms with Gasteiger partial charge >= 0.3 is 6.18 Å². The number of hydrogen-bond donors (Lipinski definition) is 0. The molecule has 2 rings (SSSR count). The molecule has 0 bridgehead atoms. The maximum absolute atomic E-state index is 12.7. The molecule has 0 aliphatic rings. The third-order valence-electron chi connectivity index (χ3n) is 3.19. The van der Waals surface area contributed by atoms with E-state index in [9.17, 15) is 30.0 Å². The van der Waals surface area contributed by atoms with Crippen LogP contribution in [0.15, 0.2) is 30.5 Å². The second-order valence-corrected chi connectivity index (χ2v) is 10.1. The molecule has 27 heavy (non-hydrogen) atoms. The number of alkyl halides is 3. The predicted molar refractivity (Wildman–Crippen MR) is 96.9 cm³/mol. The fourth-order valence-corrected chi connectivity index (χ4v) is 5.77. The standard InChI is InChI=1S/C14H11Cl2F3N2O4S2/c1-26(22,23)21(27(2,24)25)12-5-8(3-4-10(12)15)13-11(16)6-9(7-20-13)14(17,18)19/h3-7H,1-2H3. The minimum Gasteiger partial charge on any atom is -0.254 e. The molecule has 2 aromatic rings. The van der Waals surface area contributed by atoms with Crippen molar-refractivity contribution < 1.29 is 30.0 Å². The van der Waals surface area contributed by atoms with E-state index < -0.39 is 37.5 Å². The summed E-state index contributed by atoms with van der Waals surface area (Å²) in [5.41, 5.74) is -1.51. The Hall–Kier alpha value is -1.56. The molecule has 0 N–H and O–H groups in total. The van der Waals surface area contributed by atoms with Crippen LogP contribution in [0.3, 0.4) is 0 Å². The fraction of sp³-hybridized carbons (Fsp3) is 0.214. The first kappa shape index (κ1) is 21.7. The first-order chi connectivity index (χ1) is 12.1. The highest BCUT2D eigenvalue weighted by molar-refractivity contribution is 8.09. The molecule has 0 unspecified atom stereocenters. The normalized spacial score (nSPS) is 12.9. The third-order valence-corrected chi connectivity index (χ3v) is 7.02. The van der Waals surface area contributed by atoms with Gasteiger partial charge in [0.15, 0.2) is 0 Å². The van der Waals surface area contributed by atoms with E-state index in [4.69, 9.17) is 23.2 Å². The van der Waals surface area contributed by atoms with Crippen molar-refractivity contribution in [1.82, 2.24) is 4.98 Å². The Kier molecular flexibility index (Phi) is 5.73. The third kappa shape index (κ3) is 4.84. The molecule has 0 atom stereocenters. The van der Waals surface area contributed by atoms with Crippen molar-refractivity contribution in [2.45, 2.75) is 6.18 Å². The molecule has 0 amide bonds. The summed E-state index contributed by atoms with van der Waals surface area (Å²) >= 11 is 11.8. The summed E-state index contributed by atoms with van der Waals surface area (Å²) in [6.07, 6.45) is -2.76. The highest BCUT2D eigenvalue weighted by atomic mass is 35.5. The molecule has 0 aliphatic heterocycles. The first-order valence-electron chi connectivity index (χ1n) is 6.85. The van der Waals surface area contributed by atoms with Crippen LogP contribution in [0.4, 0.5) is 18.9 Å². The molecule has 13 heteroatoms. The van der Waals surface area contributed by atoms with Crippen LogP contribution in [0.5, 0.6) is 0 Å². The van der Waals surface area contributed by atoms with Crippen LogP contribution >= 0.6 is 23.2 Å². The van der Waals surface area contributed by atoms with Gasteiger partial charge in [-0.2, -0.15) is 16.9 Å². The van der Waals surface area contributed by atoms with Gasteiger partial charge < -0.3 is 0 Å². The molecule has 1 aromatic carbocycles. The second-order valence-electron chi connectivity index (χ2n) is 5.44. The van der Waals surface area contributed by atoms with E-state index in [1.54, 1.807) is 0 Å². The lowest BCUT2D eigenvalue weighted by molar-refractivity contribution is -0.137. The Bertz CT molecular complexity index is 1070. The average Bonchev–Trinajstić information content (AvgIpc) is 2.45. The number of aromatic nitrogens is 1. The van der Waals surface area contributed by atoms with Gasteiger partial charge in [0.05, 0.1) is 39.5 Å². The van der Waals surface area contributed by atoms with E-state index in [1.807, 2.05) is 0 Å². The largest absolute Gasteiger partial charge is 0.417 e. The number of sulfonamides is 2. The smallest absolute Gasteiger partial charge is 0.254 e. The number of nitrogens with zero attached hydrogens (tertiary/aromatic N) is 2. The van der Waals surface area contributed by atoms with Gasteiger partial charge in [0, 0.05) is 11.8 Å². The molecule has 6 nitrogen and oxygen atoms in total. The fourth-order valence-electron chi connectivity index (χ4n) is 2.21. The van der Waals surface area contributed by atoms with Gasteiger partial charge in [0.2, 0.25) is 20.0 Å². The summed E-state index contributed by atoms with van der Waals surface area (Å²) in [6.45, 7) is 0. The molecule has 1 aromatic heterocycles. The number of benzene rings is 1. The SMILES string of the molecule is CS(=O)(=O)N(c1cc(-c2ncc(C(F)(F)F)cc2Cl)ccc1Cl)S(C)(=O)=O. The zero-order valence-electron chi connectivity index (χ0n) is 13.6. The second kappa shape index (κ2) is 7.12. The number of halogens is 5. The lowest BCUT2D eigenvalue weighted by atomic mass is 10.1. The van der Waals surface area contributed by atoms with Gasteiger partial charge in [-0.15, -0.1) is 0 Å². The van der Waals surface area contributed by atoms with Crippen LogP contribution in [0, 0.1) is 0 Å². The summed E-state index contributed by atoms with van der Waals surface area (Å²) in [4.78, 5) is 3.66. The topological polar surface area (TPSA) is 84.4 Å². The van der Waals surface area contributed by atoms with E-state index in [1.165, 1.54) is 12.1 Å². The van der Waals surface area contributed by atoms with E-state index in [-0.39, 0.29) is 25.0 Å². The minimum absolute atomic E-state index is 0.0745. The molecule has 0 fully saturated rings. The molecule has 0 aliphatic carbocycles. The van der Waals surface area contributed by atoms with Crippen molar-refractivity contribution in [3.05, 3.63) is 46.1 Å². The van der Waals surface area contributed by atoms with Crippen LogP contribution in [-0.2, 0) is 26.2 Å². The number of hydrogen-bond acceptors (Lipinski definition) is 5. The molecule has 0 saturated carbocycles. The Labute approximate surface area is 163 Å². The van der Waals surface area contributed by atoms with Gasteiger partial charge in [-0.05, 0) is 18.2 Å². The molecular weight excluding hydrogens is 452 g/mol. The lowest BCUT2D eigenvalue weighted by Crippen LogP contribution is -2.35. The van der Waals surface area contributed by atoms with Crippen LogP contribution < -0.4 is 3.71 Å². The van der Waals surface area contributed by atoms with Crippen molar-refractivity contribution in [3.63, 3.8) is 0 Å². The van der Waals surface area contributed by atoms with Crippen molar-refractivity contribution >= 4 is 48.9 Å². The summed E-state index contributed by atoms with van der Waals surface area (Å²) < 4.78 is 86.0. The molecule has 0 radical (unpaired) electrons. The van der Waals surface area contributed by atoms with Crippen molar-refractivity contribution in [3.8, 4) is 11.3 Å². The zero-order chi connectivity index (χ0) is 20.8. The number of rotatable bonds is 4. The van der Waals surface area contributed by atoms with Crippen LogP contribution in [-0.4, -0.2) is 34.3 Å². The Morgan fingerprint density at radius 2 is 1.52 bits per heavy atom. The highest BCUT2D eigenvalue weighted by Crippen LogP contribution is 2.37. The van der Waals surface area contributed by atoms with E-state index in [0.717, 1.165) is 6.07 Å².